The Hall–Kier alpha value is -8.34. The lowest BCUT2D eigenvalue weighted by Gasteiger charge is -2.24. The van der Waals surface area contributed by atoms with Gasteiger partial charge in [0.25, 0.3) is 11.8 Å². The summed E-state index contributed by atoms with van der Waals surface area (Å²) in [6.07, 6.45) is 6.13. The number of fused-ring (bicyclic) bond motifs is 8. The average Bonchev–Trinajstić information content (AvgIpc) is 3.89. The number of carbonyl (C=O) groups is 6. The molecule has 5 aromatic carbocycles. The number of amides is 5. The summed E-state index contributed by atoms with van der Waals surface area (Å²) in [5, 5.41) is 8.46. The first-order chi connectivity index (χ1) is 35.7. The molecular weight excluding hydrogens is 943 g/mol. The minimum absolute atomic E-state index is 0.00805. The van der Waals surface area contributed by atoms with E-state index in [2.05, 4.69) is 20.7 Å². The van der Waals surface area contributed by atoms with Crippen molar-refractivity contribution in [3.63, 3.8) is 0 Å². The van der Waals surface area contributed by atoms with Crippen molar-refractivity contribution in [2.75, 3.05) is 29.3 Å². The van der Waals surface area contributed by atoms with E-state index in [4.69, 9.17) is 24.2 Å². The van der Waals surface area contributed by atoms with Gasteiger partial charge in [-0.15, -0.1) is 0 Å². The van der Waals surface area contributed by atoms with E-state index >= 15 is 0 Å². The number of methoxy groups -OCH3 is 2. The number of carbonyl (C=O) groups excluding carboxylic acids is 6. The normalized spacial score (nSPS) is 16.6. The van der Waals surface area contributed by atoms with Gasteiger partial charge < -0.3 is 34.9 Å². The number of para-hydroxylation sites is 2. The van der Waals surface area contributed by atoms with Gasteiger partial charge in [-0.1, -0.05) is 50.2 Å². The van der Waals surface area contributed by atoms with Crippen molar-refractivity contribution in [1.82, 2.24) is 10.6 Å². The van der Waals surface area contributed by atoms with Gasteiger partial charge in [0, 0.05) is 67.3 Å². The molecule has 382 valence electrons. The second kappa shape index (κ2) is 21.8. The number of anilines is 3. The third-order valence-electron chi connectivity index (χ3n) is 13.7. The Kier molecular flexibility index (Phi) is 14.9. The van der Waals surface area contributed by atoms with E-state index in [0.717, 1.165) is 28.1 Å². The summed E-state index contributed by atoms with van der Waals surface area (Å²) in [7, 11) is 2.81. The van der Waals surface area contributed by atoms with Crippen LogP contribution >= 0.6 is 0 Å². The predicted octanol–water partition coefficient (Wildman–Crippen LogP) is 8.05. The number of nitrogens with zero attached hydrogens (tertiary/aromatic N) is 4. The summed E-state index contributed by atoms with van der Waals surface area (Å²) in [6, 6.07) is 25.6. The zero-order valence-electron chi connectivity index (χ0n) is 42.2. The molecule has 74 heavy (non-hydrogen) atoms. The van der Waals surface area contributed by atoms with E-state index in [1.165, 1.54) is 14.2 Å². The zero-order chi connectivity index (χ0) is 52.2. The monoisotopic (exact) mass is 1000 g/mol. The summed E-state index contributed by atoms with van der Waals surface area (Å²) < 4.78 is 23.3. The highest BCUT2D eigenvalue weighted by atomic mass is 16.5. The topological polar surface area (TPSA) is 207 Å². The van der Waals surface area contributed by atoms with Gasteiger partial charge in [0.15, 0.2) is 11.5 Å². The molecule has 0 radical (unpaired) electrons. The number of esters is 1. The number of hydrogen-bond acceptors (Lipinski definition) is 12. The fourth-order valence-electron chi connectivity index (χ4n) is 9.77. The van der Waals surface area contributed by atoms with Crippen molar-refractivity contribution in [2.45, 2.75) is 104 Å². The second-order valence-corrected chi connectivity index (χ2v) is 19.3. The number of unbranched alkanes of at least 4 members (excludes halogenated alkanes) is 1. The molecule has 4 heterocycles. The summed E-state index contributed by atoms with van der Waals surface area (Å²) in [5.41, 5.74) is 8.08. The molecule has 0 fully saturated rings. The average molecular weight is 1000 g/mol. The Labute approximate surface area is 429 Å². The lowest BCUT2D eigenvalue weighted by atomic mass is 10.0. The molecule has 5 aromatic rings. The van der Waals surface area contributed by atoms with Crippen LogP contribution in [-0.4, -0.2) is 86.3 Å². The van der Waals surface area contributed by atoms with Gasteiger partial charge in [0.2, 0.25) is 17.7 Å². The summed E-state index contributed by atoms with van der Waals surface area (Å²) in [5.74, 6) is -1.20. The number of aliphatic imine (C=N–C) groups is 2. The molecule has 9 rings (SSSR count). The van der Waals surface area contributed by atoms with E-state index in [0.29, 0.717) is 82.2 Å². The van der Waals surface area contributed by atoms with Crippen molar-refractivity contribution in [3.8, 4) is 17.2 Å². The van der Waals surface area contributed by atoms with Crippen molar-refractivity contribution < 1.29 is 47.7 Å². The third-order valence-corrected chi connectivity index (χ3v) is 13.7. The zero-order valence-corrected chi connectivity index (χ0v) is 42.2. The van der Waals surface area contributed by atoms with Gasteiger partial charge in [0.1, 0.15) is 31.0 Å². The lowest BCUT2D eigenvalue weighted by molar-refractivity contribution is -0.140. The Morgan fingerprint density at radius 2 is 1.22 bits per heavy atom. The van der Waals surface area contributed by atoms with Crippen LogP contribution in [0, 0.1) is 12.8 Å². The SMILES string of the molecule is COC(=O)CCCCC(=O)N[C@H](C(=O)N[C@@H](C)C(=O)Nc1cc(COc2cc3c(cc2C)C(=O)N2c4ccccc4C[C@H]2C=N3)cc(COc2cc3c(cc2OC)C(=O)N2c4ccccc4C[C@H]2C=N3)c1)C(C)C. The van der Waals surface area contributed by atoms with Crippen LogP contribution in [0.3, 0.4) is 0 Å². The Morgan fingerprint density at radius 1 is 0.662 bits per heavy atom. The van der Waals surface area contributed by atoms with Gasteiger partial charge in [-0.3, -0.25) is 48.6 Å². The van der Waals surface area contributed by atoms with E-state index in [1.54, 1.807) is 73.2 Å². The third kappa shape index (κ3) is 10.7. The Bertz CT molecular complexity index is 3110. The van der Waals surface area contributed by atoms with Gasteiger partial charge >= 0.3 is 5.97 Å². The van der Waals surface area contributed by atoms with Crippen LogP contribution in [0.15, 0.2) is 101 Å². The van der Waals surface area contributed by atoms with Crippen LogP contribution in [0.2, 0.25) is 0 Å². The Balaban J connectivity index is 0.935. The molecule has 5 amide bonds. The first-order valence-corrected chi connectivity index (χ1v) is 24.8. The van der Waals surface area contributed by atoms with Crippen molar-refractivity contribution in [1.29, 1.82) is 0 Å². The fourth-order valence-corrected chi connectivity index (χ4v) is 9.77. The second-order valence-electron chi connectivity index (χ2n) is 19.3. The molecule has 0 saturated carbocycles. The van der Waals surface area contributed by atoms with Crippen LogP contribution < -0.4 is 40.0 Å². The molecule has 17 nitrogen and oxygen atoms in total. The van der Waals surface area contributed by atoms with Crippen LogP contribution in [0.4, 0.5) is 28.4 Å². The van der Waals surface area contributed by atoms with E-state index < -0.39 is 23.9 Å². The summed E-state index contributed by atoms with van der Waals surface area (Å²) >= 11 is 0. The first kappa shape index (κ1) is 50.6. The van der Waals surface area contributed by atoms with E-state index in [-0.39, 0.29) is 67.7 Å². The maximum Gasteiger partial charge on any atom is 0.305 e. The highest BCUT2D eigenvalue weighted by Crippen LogP contribution is 2.42. The minimum Gasteiger partial charge on any atom is -0.493 e. The molecule has 0 aliphatic carbocycles. The number of hydrogen-bond donors (Lipinski definition) is 3. The summed E-state index contributed by atoms with van der Waals surface area (Å²) in [6.45, 7) is 7.04. The van der Waals surface area contributed by atoms with Crippen molar-refractivity contribution in [2.24, 2.45) is 15.9 Å². The quantitative estimate of drug-likeness (QED) is 0.0569. The number of ether oxygens (including phenoxy) is 4. The smallest absolute Gasteiger partial charge is 0.305 e. The van der Waals surface area contributed by atoms with Crippen LogP contribution in [0.25, 0.3) is 0 Å². The molecule has 0 saturated heterocycles. The predicted molar refractivity (Wildman–Crippen MR) is 281 cm³/mol. The van der Waals surface area contributed by atoms with Crippen molar-refractivity contribution in [3.05, 3.63) is 130 Å². The van der Waals surface area contributed by atoms with Crippen LogP contribution in [0.5, 0.6) is 17.2 Å². The summed E-state index contributed by atoms with van der Waals surface area (Å²) in [4.78, 5) is 92.9. The van der Waals surface area contributed by atoms with Crippen molar-refractivity contribution >= 4 is 76.4 Å². The van der Waals surface area contributed by atoms with Gasteiger partial charge in [-0.05, 0) is 103 Å². The largest absolute Gasteiger partial charge is 0.493 e. The molecule has 0 spiro atoms. The maximum atomic E-state index is 14.1. The molecule has 0 bridgehead atoms. The standard InChI is InChI=1S/C57H59N7O10/c1-32(2)53(62-51(65)17-11-12-18-52(66)72-6)55(68)60-34(4)54(67)61-39-21-35(30-73-48-26-44-42(19-33(48)3)56(69)63-40(28-58-44)23-37-13-7-9-15-46(37)63)20-36(22-39)31-74-50-27-45-43(25-49(50)71-5)57(70)64-41(29-59-45)24-38-14-8-10-16-47(38)64/h7-10,13-16,19-22,25-29,32,34,40-41,53H,11-12,17-18,23-24,30-31H2,1-6H3,(H,60,68)(H,61,67)(H,62,65)/t34-,40-,41-,53-/m0/s1. The van der Waals surface area contributed by atoms with E-state index in [1.807, 2.05) is 67.7 Å². The van der Waals surface area contributed by atoms with Gasteiger partial charge in [-0.2, -0.15) is 0 Å². The van der Waals surface area contributed by atoms with Gasteiger partial charge in [0.05, 0.1) is 48.8 Å². The highest BCUT2D eigenvalue weighted by molar-refractivity contribution is 6.16. The first-order valence-electron chi connectivity index (χ1n) is 24.8. The van der Waals surface area contributed by atoms with Crippen LogP contribution in [0.1, 0.15) is 95.0 Å². The molecule has 17 heteroatoms. The molecule has 0 aromatic heterocycles. The molecule has 4 aliphatic heterocycles. The fraction of sp³-hybridized carbons (Fsp3) is 0.333. The number of nitrogens with one attached hydrogen (secondary N) is 3. The molecular formula is C57H59N7O10. The maximum absolute atomic E-state index is 14.1. The lowest BCUT2D eigenvalue weighted by Crippen LogP contribution is -2.53. The van der Waals surface area contributed by atoms with E-state index in [9.17, 15) is 28.8 Å². The number of aryl methyl sites for hydroxylation is 1. The molecule has 4 atom stereocenters. The minimum atomic E-state index is -1.02. The highest BCUT2D eigenvalue weighted by Gasteiger charge is 2.38. The molecule has 3 N–H and O–H groups in total. The van der Waals surface area contributed by atoms with Gasteiger partial charge in [-0.25, -0.2) is 0 Å². The van der Waals surface area contributed by atoms with Crippen LogP contribution in [-0.2, 0) is 50.0 Å². The number of benzene rings is 5. The Morgan fingerprint density at radius 3 is 1.80 bits per heavy atom. The molecule has 0 unspecified atom stereocenters. The molecule has 4 aliphatic rings. The number of rotatable bonds is 18.